The normalized spacial score (nSPS) is 13.6. The molecule has 1 rings (SSSR count). The number of hydrogen-bond donors (Lipinski definition) is 1. The van der Waals surface area contributed by atoms with Gasteiger partial charge in [0.2, 0.25) is 5.76 Å². The summed E-state index contributed by atoms with van der Waals surface area (Å²) in [5, 5.41) is 3.36. The van der Waals surface area contributed by atoms with Crippen LogP contribution in [0.15, 0.2) is 16.5 Å². The first-order valence-electron chi connectivity index (χ1n) is 5.29. The summed E-state index contributed by atoms with van der Waals surface area (Å²) in [4.78, 5) is 11.2. The minimum Gasteiger partial charge on any atom is -0.463 e. The number of carbonyl (C=O) groups is 1. The smallest absolute Gasteiger partial charge is 0.373 e. The molecule has 0 aliphatic rings. The monoisotopic (exact) mass is 225 g/mol. The number of methoxy groups -OCH3 is 1. The van der Waals surface area contributed by atoms with E-state index in [1.165, 1.54) is 7.11 Å². The van der Waals surface area contributed by atoms with Crippen molar-refractivity contribution in [2.24, 2.45) is 0 Å². The molecular weight excluding hydrogens is 206 g/mol. The van der Waals surface area contributed by atoms with Crippen LogP contribution in [0.3, 0.4) is 0 Å². The van der Waals surface area contributed by atoms with Crippen molar-refractivity contribution in [2.45, 2.75) is 39.3 Å². The lowest BCUT2D eigenvalue weighted by Crippen LogP contribution is -2.37. The van der Waals surface area contributed by atoms with Gasteiger partial charge < -0.3 is 14.5 Å². The average molecular weight is 225 g/mol. The highest BCUT2D eigenvalue weighted by Gasteiger charge is 2.19. The molecule has 1 atom stereocenters. The minimum absolute atomic E-state index is 0.00235. The average Bonchev–Trinajstić information content (AvgIpc) is 2.62. The maximum absolute atomic E-state index is 11.2. The summed E-state index contributed by atoms with van der Waals surface area (Å²) < 4.78 is 9.98. The van der Waals surface area contributed by atoms with Crippen molar-refractivity contribution in [3.8, 4) is 0 Å². The molecule has 0 aliphatic carbocycles. The van der Waals surface area contributed by atoms with E-state index in [2.05, 4.69) is 30.8 Å². The zero-order chi connectivity index (χ0) is 12.3. The molecule has 4 heteroatoms. The fourth-order valence-electron chi connectivity index (χ4n) is 1.52. The number of esters is 1. The lowest BCUT2D eigenvalue weighted by molar-refractivity contribution is 0.0562. The molecule has 0 spiro atoms. The van der Waals surface area contributed by atoms with E-state index in [-0.39, 0.29) is 17.3 Å². The fourth-order valence-corrected chi connectivity index (χ4v) is 1.52. The SMILES string of the molecule is COC(=O)c1ccc(C(C)NC(C)(C)C)o1. The molecule has 0 aliphatic heterocycles. The van der Waals surface area contributed by atoms with Crippen LogP contribution in [-0.4, -0.2) is 18.6 Å². The van der Waals surface area contributed by atoms with Gasteiger partial charge in [-0.25, -0.2) is 4.79 Å². The molecule has 1 aromatic rings. The lowest BCUT2D eigenvalue weighted by atomic mass is 10.1. The molecule has 0 amide bonds. The Balaban J connectivity index is 2.74. The van der Waals surface area contributed by atoms with Crippen molar-refractivity contribution in [2.75, 3.05) is 7.11 Å². The topological polar surface area (TPSA) is 51.5 Å². The summed E-state index contributed by atoms with van der Waals surface area (Å²) in [5.41, 5.74) is -0.00235. The standard InChI is InChI=1S/C12H19NO3/c1-8(13-12(2,3)4)9-6-7-10(16-9)11(14)15-5/h6-8,13H,1-5H3. The highest BCUT2D eigenvalue weighted by atomic mass is 16.5. The molecule has 4 nitrogen and oxygen atoms in total. The van der Waals surface area contributed by atoms with Crippen LogP contribution in [-0.2, 0) is 4.74 Å². The predicted octanol–water partition coefficient (Wildman–Crippen LogP) is 2.52. The predicted molar refractivity (Wildman–Crippen MR) is 61.4 cm³/mol. The first-order valence-corrected chi connectivity index (χ1v) is 5.29. The Morgan fingerprint density at radius 2 is 2.06 bits per heavy atom. The summed E-state index contributed by atoms with van der Waals surface area (Å²) in [7, 11) is 1.33. The molecule has 1 unspecified atom stereocenters. The first kappa shape index (κ1) is 12.8. The van der Waals surface area contributed by atoms with Crippen molar-refractivity contribution in [1.82, 2.24) is 5.32 Å². The van der Waals surface area contributed by atoms with E-state index in [4.69, 9.17) is 4.42 Å². The number of furan rings is 1. The molecule has 0 radical (unpaired) electrons. The van der Waals surface area contributed by atoms with Gasteiger partial charge >= 0.3 is 5.97 Å². The lowest BCUT2D eigenvalue weighted by Gasteiger charge is -2.24. The van der Waals surface area contributed by atoms with E-state index in [1.54, 1.807) is 12.1 Å². The summed E-state index contributed by atoms with van der Waals surface area (Å²) in [6.45, 7) is 8.22. The molecule has 1 N–H and O–H groups in total. The van der Waals surface area contributed by atoms with Gasteiger partial charge in [-0.15, -0.1) is 0 Å². The van der Waals surface area contributed by atoms with Gasteiger partial charge in [0.15, 0.2) is 0 Å². The Hall–Kier alpha value is -1.29. The van der Waals surface area contributed by atoms with Crippen LogP contribution in [0.4, 0.5) is 0 Å². The van der Waals surface area contributed by atoms with E-state index >= 15 is 0 Å². The molecule has 90 valence electrons. The summed E-state index contributed by atoms with van der Waals surface area (Å²) in [6.07, 6.45) is 0. The Morgan fingerprint density at radius 1 is 1.44 bits per heavy atom. The van der Waals surface area contributed by atoms with Gasteiger partial charge in [-0.05, 0) is 39.8 Å². The number of ether oxygens (including phenoxy) is 1. The molecule has 0 saturated heterocycles. The second kappa shape index (κ2) is 4.70. The van der Waals surface area contributed by atoms with E-state index in [9.17, 15) is 4.79 Å². The maximum atomic E-state index is 11.2. The van der Waals surface area contributed by atoms with Gasteiger partial charge in [0.05, 0.1) is 13.2 Å². The van der Waals surface area contributed by atoms with Gasteiger partial charge in [-0.1, -0.05) is 0 Å². The largest absolute Gasteiger partial charge is 0.463 e. The summed E-state index contributed by atoms with van der Waals surface area (Å²) >= 11 is 0. The fraction of sp³-hybridized carbons (Fsp3) is 0.583. The highest BCUT2D eigenvalue weighted by Crippen LogP contribution is 2.19. The number of carbonyl (C=O) groups excluding carboxylic acids is 1. The zero-order valence-electron chi connectivity index (χ0n) is 10.5. The summed E-state index contributed by atoms with van der Waals surface area (Å²) in [6, 6.07) is 3.47. The Labute approximate surface area is 96.0 Å². The number of hydrogen-bond acceptors (Lipinski definition) is 4. The van der Waals surface area contributed by atoms with Crippen molar-refractivity contribution in [1.29, 1.82) is 0 Å². The zero-order valence-corrected chi connectivity index (χ0v) is 10.5. The van der Waals surface area contributed by atoms with Crippen LogP contribution >= 0.6 is 0 Å². The Kier molecular flexibility index (Phi) is 3.75. The van der Waals surface area contributed by atoms with Crippen molar-refractivity contribution in [3.63, 3.8) is 0 Å². The molecule has 0 saturated carbocycles. The third kappa shape index (κ3) is 3.38. The van der Waals surface area contributed by atoms with Crippen LogP contribution in [0.25, 0.3) is 0 Å². The Morgan fingerprint density at radius 3 is 2.56 bits per heavy atom. The van der Waals surface area contributed by atoms with Gasteiger partial charge in [0.1, 0.15) is 5.76 Å². The van der Waals surface area contributed by atoms with Crippen molar-refractivity contribution in [3.05, 3.63) is 23.7 Å². The van der Waals surface area contributed by atoms with E-state index in [1.807, 2.05) is 6.92 Å². The van der Waals surface area contributed by atoms with Crippen LogP contribution < -0.4 is 5.32 Å². The van der Waals surface area contributed by atoms with E-state index in [0.29, 0.717) is 0 Å². The molecule has 16 heavy (non-hydrogen) atoms. The van der Waals surface area contributed by atoms with Crippen molar-refractivity contribution >= 4 is 5.97 Å². The van der Waals surface area contributed by atoms with E-state index < -0.39 is 5.97 Å². The molecule has 1 aromatic heterocycles. The third-order valence-corrected chi connectivity index (χ3v) is 2.09. The second-order valence-corrected chi connectivity index (χ2v) is 4.81. The third-order valence-electron chi connectivity index (χ3n) is 2.09. The highest BCUT2D eigenvalue weighted by molar-refractivity contribution is 5.86. The van der Waals surface area contributed by atoms with Gasteiger partial charge in [0.25, 0.3) is 0 Å². The molecule has 1 heterocycles. The molecule has 0 bridgehead atoms. The summed E-state index contributed by atoms with van der Waals surface area (Å²) in [5.74, 6) is 0.518. The Bertz CT molecular complexity index is 363. The number of nitrogens with one attached hydrogen (secondary N) is 1. The van der Waals surface area contributed by atoms with Gasteiger partial charge in [-0.2, -0.15) is 0 Å². The van der Waals surface area contributed by atoms with Crippen LogP contribution in [0.2, 0.25) is 0 Å². The minimum atomic E-state index is -0.450. The van der Waals surface area contributed by atoms with Gasteiger partial charge in [-0.3, -0.25) is 0 Å². The van der Waals surface area contributed by atoms with Crippen molar-refractivity contribution < 1.29 is 13.9 Å². The van der Waals surface area contributed by atoms with Crippen LogP contribution in [0, 0.1) is 0 Å². The molecular formula is C12H19NO3. The maximum Gasteiger partial charge on any atom is 0.373 e. The number of rotatable bonds is 3. The second-order valence-electron chi connectivity index (χ2n) is 4.81. The van der Waals surface area contributed by atoms with Crippen LogP contribution in [0.5, 0.6) is 0 Å². The molecule has 0 fully saturated rings. The quantitative estimate of drug-likeness (QED) is 0.803. The first-order chi connectivity index (χ1) is 7.33. The van der Waals surface area contributed by atoms with Crippen LogP contribution in [0.1, 0.15) is 50.1 Å². The van der Waals surface area contributed by atoms with E-state index in [0.717, 1.165) is 5.76 Å². The molecule has 0 aromatic carbocycles. The van der Waals surface area contributed by atoms with Gasteiger partial charge in [0, 0.05) is 5.54 Å².